The summed E-state index contributed by atoms with van der Waals surface area (Å²) in [6, 6.07) is 25.9. The van der Waals surface area contributed by atoms with Crippen molar-refractivity contribution >= 4 is 38.2 Å². The number of aromatic nitrogens is 1. The van der Waals surface area contributed by atoms with E-state index in [-0.39, 0.29) is 4.90 Å². The van der Waals surface area contributed by atoms with Crippen LogP contribution >= 0.6 is 0 Å². The van der Waals surface area contributed by atoms with Crippen LogP contribution in [-0.4, -0.2) is 40.6 Å². The normalized spacial score (nSPS) is 11.1. The highest BCUT2D eigenvalue weighted by Crippen LogP contribution is 2.34. The molecule has 1 aromatic heterocycles. The number of benzene rings is 4. The maximum Gasteiger partial charge on any atom is 0.262 e. The number of sulfonamides is 1. The van der Waals surface area contributed by atoms with E-state index < -0.39 is 15.9 Å². The van der Waals surface area contributed by atoms with Crippen LogP contribution in [-0.2, 0) is 10.0 Å². The van der Waals surface area contributed by atoms with E-state index >= 15 is 0 Å². The summed E-state index contributed by atoms with van der Waals surface area (Å²) >= 11 is 0. The topological polar surface area (TPSA) is 116 Å². The van der Waals surface area contributed by atoms with Gasteiger partial charge in [0.25, 0.3) is 15.9 Å². The monoisotopic (exact) mass is 583 g/mol. The molecule has 2 N–H and O–H groups in total. The summed E-state index contributed by atoms with van der Waals surface area (Å²) in [4.78, 5) is 18.5. The Hall–Kier alpha value is -5.09. The number of carbonyl (C=O) groups is 1. The van der Waals surface area contributed by atoms with Crippen LogP contribution < -0.4 is 24.2 Å². The summed E-state index contributed by atoms with van der Waals surface area (Å²) in [5, 5.41) is 3.52. The molecule has 0 spiro atoms. The molecule has 0 fully saturated rings. The molecule has 0 radical (unpaired) electrons. The Labute approximate surface area is 244 Å². The molecular formula is C32H29N3O6S. The minimum absolute atomic E-state index is 0.0248. The van der Waals surface area contributed by atoms with Crippen LogP contribution in [0.2, 0.25) is 0 Å². The molecule has 0 bridgehead atoms. The van der Waals surface area contributed by atoms with E-state index in [4.69, 9.17) is 19.2 Å². The number of para-hydroxylation sites is 3. The number of pyridine rings is 1. The van der Waals surface area contributed by atoms with E-state index in [2.05, 4.69) is 10.0 Å². The highest BCUT2D eigenvalue weighted by molar-refractivity contribution is 7.92. The van der Waals surface area contributed by atoms with Crippen LogP contribution in [0.5, 0.6) is 17.2 Å². The van der Waals surface area contributed by atoms with E-state index in [9.17, 15) is 13.2 Å². The molecule has 4 aromatic carbocycles. The molecule has 0 aliphatic carbocycles. The van der Waals surface area contributed by atoms with Crippen LogP contribution in [0.1, 0.15) is 15.9 Å². The van der Waals surface area contributed by atoms with Gasteiger partial charge in [-0.05, 0) is 67.1 Å². The third-order valence-electron chi connectivity index (χ3n) is 6.73. The zero-order chi connectivity index (χ0) is 29.9. The Balaban J connectivity index is 1.50. The van der Waals surface area contributed by atoms with Gasteiger partial charge in [0.05, 0.1) is 48.7 Å². The van der Waals surface area contributed by atoms with Crippen LogP contribution in [0.25, 0.3) is 22.2 Å². The number of amides is 1. The molecule has 0 aliphatic heterocycles. The maximum absolute atomic E-state index is 13.7. The molecule has 42 heavy (non-hydrogen) atoms. The van der Waals surface area contributed by atoms with Gasteiger partial charge in [0, 0.05) is 16.6 Å². The first kappa shape index (κ1) is 28.4. The van der Waals surface area contributed by atoms with Crippen LogP contribution in [0, 0.1) is 6.92 Å². The first-order valence-electron chi connectivity index (χ1n) is 12.9. The van der Waals surface area contributed by atoms with Crippen molar-refractivity contribution in [1.29, 1.82) is 0 Å². The second kappa shape index (κ2) is 11.8. The molecule has 5 rings (SSSR count). The molecule has 10 heteroatoms. The summed E-state index contributed by atoms with van der Waals surface area (Å²) < 4.78 is 45.4. The van der Waals surface area contributed by atoms with E-state index in [0.29, 0.717) is 56.3 Å². The van der Waals surface area contributed by atoms with Gasteiger partial charge in [0.1, 0.15) is 5.75 Å². The molecular weight excluding hydrogens is 554 g/mol. The molecule has 214 valence electrons. The molecule has 5 aromatic rings. The molecule has 0 saturated heterocycles. The number of ether oxygens (including phenoxy) is 3. The average Bonchev–Trinajstić information content (AvgIpc) is 3.01. The van der Waals surface area contributed by atoms with Gasteiger partial charge in [-0.3, -0.25) is 9.52 Å². The summed E-state index contributed by atoms with van der Waals surface area (Å²) in [5.74, 6) is 1.08. The van der Waals surface area contributed by atoms with E-state index in [1.807, 2.05) is 30.3 Å². The molecule has 1 amide bonds. The van der Waals surface area contributed by atoms with Crippen molar-refractivity contribution < 1.29 is 27.4 Å². The lowest BCUT2D eigenvalue weighted by atomic mass is 10.0. The molecule has 0 saturated carbocycles. The summed E-state index contributed by atoms with van der Waals surface area (Å²) in [6.45, 7) is 1.69. The number of hydrogen-bond donors (Lipinski definition) is 2. The number of rotatable bonds is 9. The maximum atomic E-state index is 13.7. The second-order valence-electron chi connectivity index (χ2n) is 9.38. The molecule has 1 heterocycles. The Morgan fingerprint density at radius 3 is 2.24 bits per heavy atom. The Bertz CT molecular complexity index is 1910. The Kier molecular flexibility index (Phi) is 7.99. The van der Waals surface area contributed by atoms with Gasteiger partial charge in [0.2, 0.25) is 0 Å². The summed E-state index contributed by atoms with van der Waals surface area (Å²) in [6.07, 6.45) is 0. The van der Waals surface area contributed by atoms with Gasteiger partial charge in [-0.25, -0.2) is 13.4 Å². The lowest BCUT2D eigenvalue weighted by Gasteiger charge is -2.15. The van der Waals surface area contributed by atoms with Crippen molar-refractivity contribution in [1.82, 2.24) is 4.98 Å². The number of hydrogen-bond acceptors (Lipinski definition) is 7. The smallest absolute Gasteiger partial charge is 0.262 e. The highest BCUT2D eigenvalue weighted by Gasteiger charge is 2.21. The number of nitrogens with one attached hydrogen (secondary N) is 2. The highest BCUT2D eigenvalue weighted by atomic mass is 32.2. The van der Waals surface area contributed by atoms with Crippen molar-refractivity contribution in [3.63, 3.8) is 0 Å². The fourth-order valence-corrected chi connectivity index (χ4v) is 5.94. The minimum Gasteiger partial charge on any atom is -0.495 e. The quantitative estimate of drug-likeness (QED) is 0.210. The zero-order valence-electron chi connectivity index (χ0n) is 23.5. The summed E-state index contributed by atoms with van der Waals surface area (Å²) in [5.41, 5.74) is 3.44. The van der Waals surface area contributed by atoms with Crippen LogP contribution in [0.4, 0.5) is 11.4 Å². The largest absolute Gasteiger partial charge is 0.495 e. The van der Waals surface area contributed by atoms with E-state index in [1.165, 1.54) is 13.2 Å². The van der Waals surface area contributed by atoms with Crippen LogP contribution in [0.3, 0.4) is 0 Å². The SMILES string of the molecule is COc1ccccc1NS(=O)(=O)c1cc(NC(=O)c2cc(-c3ccc(OC)c(OC)c3)nc3ccccc23)ccc1C. The van der Waals surface area contributed by atoms with E-state index in [1.54, 1.807) is 75.7 Å². The number of carbonyl (C=O) groups excluding carboxylic acids is 1. The van der Waals surface area contributed by atoms with Crippen molar-refractivity contribution in [2.75, 3.05) is 31.4 Å². The van der Waals surface area contributed by atoms with Gasteiger partial charge in [0.15, 0.2) is 11.5 Å². The van der Waals surface area contributed by atoms with Crippen molar-refractivity contribution in [3.8, 4) is 28.5 Å². The van der Waals surface area contributed by atoms with Crippen molar-refractivity contribution in [2.45, 2.75) is 11.8 Å². The number of nitrogens with zero attached hydrogens (tertiary/aromatic N) is 1. The number of anilines is 2. The van der Waals surface area contributed by atoms with Gasteiger partial charge in [-0.1, -0.05) is 36.4 Å². The van der Waals surface area contributed by atoms with E-state index in [0.717, 1.165) is 5.56 Å². The average molecular weight is 584 g/mol. The first-order chi connectivity index (χ1) is 20.2. The van der Waals surface area contributed by atoms with Crippen LogP contribution in [0.15, 0.2) is 95.9 Å². The fourth-order valence-electron chi connectivity index (χ4n) is 4.60. The zero-order valence-corrected chi connectivity index (χ0v) is 24.3. The molecule has 0 atom stereocenters. The number of methoxy groups -OCH3 is 3. The van der Waals surface area contributed by atoms with Gasteiger partial charge >= 0.3 is 0 Å². The molecule has 0 unspecified atom stereocenters. The van der Waals surface area contributed by atoms with Gasteiger partial charge in [-0.2, -0.15) is 0 Å². The first-order valence-corrected chi connectivity index (χ1v) is 14.4. The molecule has 9 nitrogen and oxygen atoms in total. The third kappa shape index (κ3) is 5.70. The number of aryl methyl sites for hydroxylation is 1. The lowest BCUT2D eigenvalue weighted by molar-refractivity contribution is 0.102. The Morgan fingerprint density at radius 1 is 0.762 bits per heavy atom. The Morgan fingerprint density at radius 2 is 1.48 bits per heavy atom. The standard InChI is InChI=1S/C32H29N3O6S/c1-20-13-15-22(18-31(20)42(37,38)35-26-11-7-8-12-28(26)39-2)33-32(36)24-19-27(34-25-10-6-5-9-23(24)25)21-14-16-29(40-3)30(17-21)41-4/h5-19,35H,1-4H3,(H,33,36). The van der Waals surface area contributed by atoms with Gasteiger partial charge < -0.3 is 19.5 Å². The van der Waals surface area contributed by atoms with Crippen molar-refractivity contribution in [3.05, 3.63) is 102 Å². The number of fused-ring (bicyclic) bond motifs is 1. The minimum atomic E-state index is -4.00. The third-order valence-corrected chi connectivity index (χ3v) is 8.23. The fraction of sp³-hybridized carbons (Fsp3) is 0.125. The predicted molar refractivity (Wildman–Crippen MR) is 163 cm³/mol. The van der Waals surface area contributed by atoms with Crippen molar-refractivity contribution in [2.24, 2.45) is 0 Å². The lowest BCUT2D eigenvalue weighted by Crippen LogP contribution is -2.17. The van der Waals surface area contributed by atoms with Gasteiger partial charge in [-0.15, -0.1) is 0 Å². The predicted octanol–water partition coefficient (Wildman–Crippen LogP) is 6.29. The molecule has 0 aliphatic rings. The summed E-state index contributed by atoms with van der Waals surface area (Å²) in [7, 11) is 0.575. The second-order valence-corrected chi connectivity index (χ2v) is 11.0.